The Bertz CT molecular complexity index is 604. The van der Waals surface area contributed by atoms with Crippen molar-refractivity contribution in [2.45, 2.75) is 26.8 Å². The van der Waals surface area contributed by atoms with Crippen LogP contribution in [-0.4, -0.2) is 68.3 Å². The Balaban J connectivity index is 0.00000364. The Kier molecular flexibility index (Phi) is 10.9. The maximum Gasteiger partial charge on any atom is 0.409 e. The summed E-state index contributed by atoms with van der Waals surface area (Å²) in [5.74, 6) is 1.73. The molecule has 0 atom stereocenters. The van der Waals surface area contributed by atoms with E-state index in [0.29, 0.717) is 26.2 Å². The van der Waals surface area contributed by atoms with E-state index in [1.165, 1.54) is 0 Å². The summed E-state index contributed by atoms with van der Waals surface area (Å²) in [6.07, 6.45) is 0.756. The minimum atomic E-state index is -0.237. The zero-order valence-corrected chi connectivity index (χ0v) is 18.8. The van der Waals surface area contributed by atoms with E-state index in [0.717, 1.165) is 43.4 Å². The van der Waals surface area contributed by atoms with Crippen molar-refractivity contribution < 1.29 is 14.3 Å². The molecule has 0 aromatic heterocycles. The van der Waals surface area contributed by atoms with Gasteiger partial charge in [-0.15, -0.1) is 24.0 Å². The molecule has 8 heteroatoms. The summed E-state index contributed by atoms with van der Waals surface area (Å²) in [6, 6.07) is 8.10. The molecule has 152 valence electrons. The molecule has 2 rings (SSSR count). The fourth-order valence-corrected chi connectivity index (χ4v) is 2.79. The summed E-state index contributed by atoms with van der Waals surface area (Å²) in [6.45, 7) is 8.47. The third kappa shape index (κ3) is 7.43. The second kappa shape index (κ2) is 12.6. The lowest BCUT2D eigenvalue weighted by atomic mass is 10.2. The Morgan fingerprint density at radius 2 is 1.89 bits per heavy atom. The van der Waals surface area contributed by atoms with Crippen LogP contribution in [0.1, 0.15) is 25.8 Å². The standard InChI is InChI=1S/C19H30N4O3.HI/c1-4-13-26-17-8-6-7-16(14-17)15-21-18(20-3)22-9-11-23(12-10-22)19(24)25-5-2;/h6-8,14H,4-5,9-13,15H2,1-3H3,(H,20,21);1H. The lowest BCUT2D eigenvalue weighted by Crippen LogP contribution is -2.53. The molecule has 1 fully saturated rings. The molecular weight excluding hydrogens is 459 g/mol. The lowest BCUT2D eigenvalue weighted by Gasteiger charge is -2.35. The number of piperazine rings is 1. The average Bonchev–Trinajstić information content (AvgIpc) is 2.68. The van der Waals surface area contributed by atoms with Gasteiger partial charge in [0.25, 0.3) is 0 Å². The Morgan fingerprint density at radius 1 is 1.19 bits per heavy atom. The van der Waals surface area contributed by atoms with E-state index < -0.39 is 0 Å². The van der Waals surface area contributed by atoms with Crippen LogP contribution >= 0.6 is 24.0 Å². The number of hydrogen-bond acceptors (Lipinski definition) is 4. The number of rotatable bonds is 6. The third-order valence-electron chi connectivity index (χ3n) is 4.14. The van der Waals surface area contributed by atoms with Gasteiger partial charge in [-0.05, 0) is 31.0 Å². The number of nitrogens with one attached hydrogen (secondary N) is 1. The van der Waals surface area contributed by atoms with Crippen LogP contribution in [0.25, 0.3) is 0 Å². The monoisotopic (exact) mass is 490 g/mol. The molecule has 0 bridgehead atoms. The predicted molar refractivity (Wildman–Crippen MR) is 118 cm³/mol. The van der Waals surface area contributed by atoms with Crippen LogP contribution in [0.15, 0.2) is 29.3 Å². The highest BCUT2D eigenvalue weighted by atomic mass is 127. The Morgan fingerprint density at radius 3 is 2.52 bits per heavy atom. The lowest BCUT2D eigenvalue weighted by molar-refractivity contribution is 0.0914. The molecule has 0 radical (unpaired) electrons. The summed E-state index contributed by atoms with van der Waals surface area (Å²) >= 11 is 0. The topological polar surface area (TPSA) is 66.4 Å². The number of carbonyl (C=O) groups is 1. The highest BCUT2D eigenvalue weighted by Crippen LogP contribution is 2.13. The van der Waals surface area contributed by atoms with E-state index >= 15 is 0 Å². The number of hydrogen-bond donors (Lipinski definition) is 1. The summed E-state index contributed by atoms with van der Waals surface area (Å²) in [7, 11) is 1.78. The molecule has 1 amide bonds. The minimum Gasteiger partial charge on any atom is -0.494 e. The summed E-state index contributed by atoms with van der Waals surface area (Å²) in [5, 5.41) is 3.39. The van der Waals surface area contributed by atoms with Crippen LogP contribution in [0, 0.1) is 0 Å². The maximum absolute atomic E-state index is 11.8. The summed E-state index contributed by atoms with van der Waals surface area (Å²) in [4.78, 5) is 20.1. The molecule has 1 N–H and O–H groups in total. The number of guanidine groups is 1. The number of benzene rings is 1. The fraction of sp³-hybridized carbons (Fsp3) is 0.579. The fourth-order valence-electron chi connectivity index (χ4n) is 2.79. The highest BCUT2D eigenvalue weighted by molar-refractivity contribution is 14.0. The van der Waals surface area contributed by atoms with Crippen molar-refractivity contribution in [3.8, 4) is 5.75 Å². The molecule has 0 spiro atoms. The number of halogens is 1. The van der Waals surface area contributed by atoms with Crippen LogP contribution in [0.4, 0.5) is 4.79 Å². The van der Waals surface area contributed by atoms with Crippen molar-refractivity contribution >= 4 is 36.0 Å². The molecule has 1 aliphatic heterocycles. The molecule has 27 heavy (non-hydrogen) atoms. The van der Waals surface area contributed by atoms with Crippen molar-refractivity contribution in [1.82, 2.24) is 15.1 Å². The van der Waals surface area contributed by atoms with Crippen LogP contribution in [0.2, 0.25) is 0 Å². The maximum atomic E-state index is 11.8. The first-order valence-electron chi connectivity index (χ1n) is 9.27. The second-order valence-electron chi connectivity index (χ2n) is 6.07. The van der Waals surface area contributed by atoms with E-state index in [-0.39, 0.29) is 30.1 Å². The second-order valence-corrected chi connectivity index (χ2v) is 6.07. The number of amides is 1. The highest BCUT2D eigenvalue weighted by Gasteiger charge is 2.23. The van der Waals surface area contributed by atoms with Gasteiger partial charge in [-0.1, -0.05) is 19.1 Å². The first-order valence-corrected chi connectivity index (χ1v) is 9.27. The molecule has 1 heterocycles. The van der Waals surface area contributed by atoms with Crippen LogP contribution in [0.5, 0.6) is 5.75 Å². The van der Waals surface area contributed by atoms with Crippen molar-refractivity contribution in [2.75, 3.05) is 46.4 Å². The van der Waals surface area contributed by atoms with Crippen LogP contribution in [-0.2, 0) is 11.3 Å². The van der Waals surface area contributed by atoms with E-state index in [1.54, 1.807) is 11.9 Å². The third-order valence-corrected chi connectivity index (χ3v) is 4.14. The first-order chi connectivity index (χ1) is 12.7. The van der Waals surface area contributed by atoms with Gasteiger partial charge in [0.2, 0.25) is 0 Å². The Hall–Kier alpha value is -1.71. The minimum absolute atomic E-state index is 0. The predicted octanol–water partition coefficient (Wildman–Crippen LogP) is 2.94. The van der Waals surface area contributed by atoms with Crippen molar-refractivity contribution in [3.05, 3.63) is 29.8 Å². The van der Waals surface area contributed by atoms with Crippen molar-refractivity contribution in [1.29, 1.82) is 0 Å². The summed E-state index contributed by atoms with van der Waals surface area (Å²) < 4.78 is 10.7. The van der Waals surface area contributed by atoms with E-state index in [2.05, 4.69) is 34.3 Å². The quantitative estimate of drug-likeness (QED) is 0.378. The van der Waals surface area contributed by atoms with Gasteiger partial charge >= 0.3 is 6.09 Å². The zero-order chi connectivity index (χ0) is 18.8. The van der Waals surface area contributed by atoms with Gasteiger partial charge in [-0.2, -0.15) is 0 Å². The van der Waals surface area contributed by atoms with E-state index in [1.807, 2.05) is 19.1 Å². The van der Waals surface area contributed by atoms with E-state index in [4.69, 9.17) is 9.47 Å². The molecule has 0 unspecified atom stereocenters. The average molecular weight is 490 g/mol. The zero-order valence-electron chi connectivity index (χ0n) is 16.4. The normalized spacial score (nSPS) is 14.4. The molecule has 1 aliphatic rings. The van der Waals surface area contributed by atoms with Crippen LogP contribution in [0.3, 0.4) is 0 Å². The largest absolute Gasteiger partial charge is 0.494 e. The molecule has 1 saturated heterocycles. The SMILES string of the molecule is CCCOc1cccc(CNC(=NC)N2CCN(C(=O)OCC)CC2)c1.I. The number of nitrogens with zero attached hydrogens (tertiary/aromatic N) is 3. The van der Waals surface area contributed by atoms with Gasteiger partial charge < -0.3 is 24.6 Å². The van der Waals surface area contributed by atoms with Gasteiger partial charge in [0.1, 0.15) is 5.75 Å². The molecule has 1 aromatic carbocycles. The van der Waals surface area contributed by atoms with Gasteiger partial charge in [-0.3, -0.25) is 4.99 Å². The van der Waals surface area contributed by atoms with Crippen molar-refractivity contribution in [2.24, 2.45) is 4.99 Å². The smallest absolute Gasteiger partial charge is 0.409 e. The molecular formula is C19H31IN4O3. The molecule has 1 aromatic rings. The Labute approximate surface area is 179 Å². The number of aliphatic imine (C=N–C) groups is 1. The van der Waals surface area contributed by atoms with Gasteiger partial charge in [0.15, 0.2) is 5.96 Å². The molecule has 7 nitrogen and oxygen atoms in total. The number of carbonyl (C=O) groups excluding carboxylic acids is 1. The van der Waals surface area contributed by atoms with Crippen LogP contribution < -0.4 is 10.1 Å². The van der Waals surface area contributed by atoms with Gasteiger partial charge in [0, 0.05) is 39.8 Å². The molecule has 0 aliphatic carbocycles. The van der Waals surface area contributed by atoms with Gasteiger partial charge in [0.05, 0.1) is 13.2 Å². The van der Waals surface area contributed by atoms with E-state index in [9.17, 15) is 4.79 Å². The number of ether oxygens (including phenoxy) is 2. The van der Waals surface area contributed by atoms with Crippen molar-refractivity contribution in [3.63, 3.8) is 0 Å². The first kappa shape index (κ1) is 23.3. The summed E-state index contributed by atoms with van der Waals surface area (Å²) in [5.41, 5.74) is 1.14. The van der Waals surface area contributed by atoms with Gasteiger partial charge in [-0.25, -0.2) is 4.79 Å². The molecule has 0 saturated carbocycles.